The third kappa shape index (κ3) is 3.32. The van der Waals surface area contributed by atoms with Gasteiger partial charge in [-0.1, -0.05) is 18.2 Å². The van der Waals surface area contributed by atoms with Crippen molar-refractivity contribution in [2.24, 2.45) is 4.99 Å². The highest BCUT2D eigenvalue weighted by atomic mass is 32.1. The minimum atomic E-state index is -0.198. The Balaban J connectivity index is 1.81. The van der Waals surface area contributed by atoms with Crippen LogP contribution in [-0.2, 0) is 6.54 Å². The summed E-state index contributed by atoms with van der Waals surface area (Å²) in [6.45, 7) is 0.459. The van der Waals surface area contributed by atoms with Crippen LogP contribution < -0.4 is 10.1 Å². The zero-order valence-electron chi connectivity index (χ0n) is 10.8. The first kappa shape index (κ1) is 13.5. The summed E-state index contributed by atoms with van der Waals surface area (Å²) in [5.41, 5.74) is 0.647. The van der Waals surface area contributed by atoms with Crippen LogP contribution in [0, 0.1) is 5.82 Å². The van der Waals surface area contributed by atoms with Gasteiger partial charge in [0.05, 0.1) is 6.54 Å². The summed E-state index contributed by atoms with van der Waals surface area (Å²) in [6.07, 6.45) is 4.22. The van der Waals surface area contributed by atoms with E-state index in [1.165, 1.54) is 17.4 Å². The molecule has 1 saturated carbocycles. The van der Waals surface area contributed by atoms with E-state index in [0.29, 0.717) is 23.3 Å². The molecule has 0 saturated heterocycles. The molecule has 2 aromatic rings. The van der Waals surface area contributed by atoms with E-state index in [-0.39, 0.29) is 5.82 Å². The van der Waals surface area contributed by atoms with Gasteiger partial charge in [-0.3, -0.25) is 0 Å². The van der Waals surface area contributed by atoms with Gasteiger partial charge in [0.25, 0.3) is 0 Å². The summed E-state index contributed by atoms with van der Waals surface area (Å²) in [5.74, 6) is -0.198. The van der Waals surface area contributed by atoms with Gasteiger partial charge in [0, 0.05) is 23.2 Å². The van der Waals surface area contributed by atoms with Crippen LogP contribution in [0.15, 0.2) is 40.8 Å². The molecule has 0 atom stereocenters. The van der Waals surface area contributed by atoms with Crippen LogP contribution in [0.4, 0.5) is 4.39 Å². The minimum absolute atomic E-state index is 0.198. The molecule has 104 valence electrons. The molecule has 1 N–H and O–H groups in total. The van der Waals surface area contributed by atoms with Crippen LogP contribution in [0.2, 0.25) is 0 Å². The molecular weight excluding hydrogens is 293 g/mol. The highest BCUT2D eigenvalue weighted by Gasteiger charge is 2.21. The quantitative estimate of drug-likeness (QED) is 0.884. The Hall–Kier alpha value is -1.53. The number of thiocarbonyl (C=S) groups is 1. The lowest BCUT2D eigenvalue weighted by atomic mass is 10.2. The molecule has 1 aliphatic carbocycles. The van der Waals surface area contributed by atoms with Crippen LogP contribution in [0.5, 0.6) is 0 Å². The maximum atomic E-state index is 13.7. The Kier molecular flexibility index (Phi) is 3.93. The maximum Gasteiger partial charge on any atom is 0.195 e. The Bertz CT molecular complexity index is 685. The second-order valence-corrected chi connectivity index (χ2v) is 6.00. The number of thiazole rings is 1. The summed E-state index contributed by atoms with van der Waals surface area (Å²) in [7, 11) is 0. The molecule has 0 radical (unpaired) electrons. The van der Waals surface area contributed by atoms with E-state index in [0.717, 1.165) is 17.6 Å². The normalized spacial score (nSPS) is 15.3. The molecule has 1 aliphatic rings. The van der Waals surface area contributed by atoms with Gasteiger partial charge in [-0.2, -0.15) is 4.99 Å². The molecular formula is C14H14FN3S2. The van der Waals surface area contributed by atoms with Crippen molar-refractivity contribution in [3.05, 3.63) is 52.0 Å². The van der Waals surface area contributed by atoms with Crippen molar-refractivity contribution in [2.45, 2.75) is 25.4 Å². The molecule has 20 heavy (non-hydrogen) atoms. The molecule has 0 bridgehead atoms. The highest BCUT2D eigenvalue weighted by molar-refractivity contribution is 7.80. The zero-order chi connectivity index (χ0) is 13.9. The molecule has 1 aromatic heterocycles. The summed E-state index contributed by atoms with van der Waals surface area (Å²) in [6, 6.07) is 7.27. The predicted octanol–water partition coefficient (Wildman–Crippen LogP) is 2.67. The first-order valence-corrected chi connectivity index (χ1v) is 7.74. The van der Waals surface area contributed by atoms with E-state index in [1.807, 2.05) is 22.2 Å². The number of hydrogen-bond acceptors (Lipinski definition) is 2. The standard InChI is InChI=1S/C14H14FN3S2/c15-12-4-2-1-3-10(12)9-18-7-8-20-14(18)17-13(19)16-11-5-6-11/h1-4,7-8,11H,5-6,9H2,(H,16,19)/b17-14-. The lowest BCUT2D eigenvalue weighted by Gasteiger charge is -2.05. The van der Waals surface area contributed by atoms with Crippen LogP contribution in [0.25, 0.3) is 0 Å². The van der Waals surface area contributed by atoms with Crippen molar-refractivity contribution >= 4 is 28.7 Å². The number of nitrogens with zero attached hydrogens (tertiary/aromatic N) is 2. The zero-order valence-corrected chi connectivity index (χ0v) is 12.4. The van der Waals surface area contributed by atoms with E-state index in [9.17, 15) is 4.39 Å². The third-order valence-electron chi connectivity index (χ3n) is 3.06. The minimum Gasteiger partial charge on any atom is -0.358 e. The lowest BCUT2D eigenvalue weighted by Crippen LogP contribution is -2.26. The number of hydrogen-bond donors (Lipinski definition) is 1. The Morgan fingerprint density at radius 2 is 2.25 bits per heavy atom. The van der Waals surface area contributed by atoms with E-state index in [2.05, 4.69) is 10.3 Å². The van der Waals surface area contributed by atoms with Crippen molar-refractivity contribution in [2.75, 3.05) is 0 Å². The van der Waals surface area contributed by atoms with Crippen LogP contribution in [0.3, 0.4) is 0 Å². The van der Waals surface area contributed by atoms with E-state index < -0.39 is 0 Å². The second-order valence-electron chi connectivity index (χ2n) is 4.74. The van der Waals surface area contributed by atoms with Crippen LogP contribution in [0.1, 0.15) is 18.4 Å². The van der Waals surface area contributed by atoms with Crippen molar-refractivity contribution < 1.29 is 4.39 Å². The first-order chi connectivity index (χ1) is 9.72. The monoisotopic (exact) mass is 307 g/mol. The molecule has 0 amide bonds. The molecule has 0 unspecified atom stereocenters. The number of halogens is 1. The molecule has 0 spiro atoms. The van der Waals surface area contributed by atoms with Crippen molar-refractivity contribution in [3.8, 4) is 0 Å². The van der Waals surface area contributed by atoms with Crippen LogP contribution >= 0.6 is 23.6 Å². The first-order valence-electron chi connectivity index (χ1n) is 6.45. The van der Waals surface area contributed by atoms with E-state index >= 15 is 0 Å². The summed E-state index contributed by atoms with van der Waals surface area (Å²) in [5, 5.41) is 5.62. The molecule has 6 heteroatoms. The fourth-order valence-corrected chi connectivity index (χ4v) is 2.88. The molecule has 3 nitrogen and oxygen atoms in total. The highest BCUT2D eigenvalue weighted by Crippen LogP contribution is 2.18. The Morgan fingerprint density at radius 3 is 3.00 bits per heavy atom. The number of rotatable bonds is 3. The van der Waals surface area contributed by atoms with Gasteiger partial charge in [-0.15, -0.1) is 11.3 Å². The largest absolute Gasteiger partial charge is 0.358 e. The van der Waals surface area contributed by atoms with Gasteiger partial charge in [0.15, 0.2) is 9.91 Å². The topological polar surface area (TPSA) is 29.3 Å². The number of benzene rings is 1. The van der Waals surface area contributed by atoms with Crippen LogP contribution in [-0.4, -0.2) is 15.7 Å². The van der Waals surface area contributed by atoms with Gasteiger partial charge >= 0.3 is 0 Å². The fourth-order valence-electron chi connectivity index (χ4n) is 1.84. The fraction of sp³-hybridized carbons (Fsp3) is 0.286. The lowest BCUT2D eigenvalue weighted by molar-refractivity contribution is 0.597. The Labute approximate surface area is 125 Å². The number of nitrogens with one attached hydrogen (secondary N) is 1. The molecule has 1 fully saturated rings. The smallest absolute Gasteiger partial charge is 0.195 e. The third-order valence-corrected chi connectivity index (χ3v) is 4.06. The molecule has 1 aromatic carbocycles. The van der Waals surface area contributed by atoms with Crippen molar-refractivity contribution in [1.29, 1.82) is 0 Å². The molecule has 0 aliphatic heterocycles. The summed E-state index contributed by atoms with van der Waals surface area (Å²) in [4.78, 5) is 5.19. The Morgan fingerprint density at radius 1 is 1.45 bits per heavy atom. The molecule has 1 heterocycles. The van der Waals surface area contributed by atoms with Crippen molar-refractivity contribution in [1.82, 2.24) is 9.88 Å². The van der Waals surface area contributed by atoms with E-state index in [1.54, 1.807) is 12.1 Å². The average Bonchev–Trinajstić information content (AvgIpc) is 3.13. The van der Waals surface area contributed by atoms with Crippen molar-refractivity contribution in [3.63, 3.8) is 0 Å². The predicted molar refractivity (Wildman–Crippen MR) is 82.1 cm³/mol. The van der Waals surface area contributed by atoms with Gasteiger partial charge in [-0.25, -0.2) is 4.39 Å². The van der Waals surface area contributed by atoms with Gasteiger partial charge < -0.3 is 9.88 Å². The summed E-state index contributed by atoms with van der Waals surface area (Å²) >= 11 is 6.71. The van der Waals surface area contributed by atoms with Gasteiger partial charge in [0.2, 0.25) is 0 Å². The average molecular weight is 307 g/mol. The SMILES string of the molecule is Fc1ccccc1Cn1ccs/c1=N\C(=S)NC1CC1. The number of aromatic nitrogens is 1. The maximum absolute atomic E-state index is 13.7. The second kappa shape index (κ2) is 5.85. The van der Waals surface area contributed by atoms with Gasteiger partial charge in [0.1, 0.15) is 5.82 Å². The molecule has 3 rings (SSSR count). The van der Waals surface area contributed by atoms with Gasteiger partial charge in [-0.05, 0) is 31.1 Å². The van der Waals surface area contributed by atoms with E-state index in [4.69, 9.17) is 12.2 Å². The summed E-state index contributed by atoms with van der Waals surface area (Å²) < 4.78 is 15.6.